The summed E-state index contributed by atoms with van der Waals surface area (Å²) in [7, 11) is -0.0182. The SMILES string of the molecule is CN(C)CCn1c(=O)oc2ccc(NC(=O)CN3c4cccc5cccc(c45)S3(=O)=O)cc21. The molecule has 0 fully saturated rings. The van der Waals surface area contributed by atoms with Crippen LogP contribution in [0.5, 0.6) is 0 Å². The summed E-state index contributed by atoms with van der Waals surface area (Å²) < 4.78 is 34.1. The van der Waals surface area contributed by atoms with Crippen LogP contribution in [0, 0.1) is 0 Å². The Balaban J connectivity index is 1.41. The molecule has 5 rings (SSSR count). The molecule has 0 radical (unpaired) electrons. The molecule has 2 heterocycles. The van der Waals surface area contributed by atoms with Gasteiger partial charge in [-0.2, -0.15) is 0 Å². The standard InChI is InChI=1S/C23H22N4O5S/c1-25(2)11-12-26-18-13-16(9-10-19(18)32-23(26)29)24-21(28)14-27-17-7-3-5-15-6-4-8-20(22(15)17)33(27,30)31/h3-10,13H,11-12,14H2,1-2H3,(H,24,28). The highest BCUT2D eigenvalue weighted by Gasteiger charge is 2.36. The summed E-state index contributed by atoms with van der Waals surface area (Å²) in [5.74, 6) is -0.960. The molecule has 10 heteroatoms. The fourth-order valence-electron chi connectivity index (χ4n) is 4.11. The van der Waals surface area contributed by atoms with E-state index in [4.69, 9.17) is 4.42 Å². The van der Waals surface area contributed by atoms with Crippen molar-refractivity contribution in [2.45, 2.75) is 11.4 Å². The van der Waals surface area contributed by atoms with Crippen LogP contribution in [0.3, 0.4) is 0 Å². The number of hydrogen-bond acceptors (Lipinski definition) is 6. The van der Waals surface area contributed by atoms with Gasteiger partial charge in [0.25, 0.3) is 10.0 Å². The van der Waals surface area contributed by atoms with Gasteiger partial charge in [-0.05, 0) is 49.8 Å². The van der Waals surface area contributed by atoms with Gasteiger partial charge in [0.2, 0.25) is 5.91 Å². The zero-order chi connectivity index (χ0) is 23.3. The second-order valence-corrected chi connectivity index (χ2v) is 10.0. The second kappa shape index (κ2) is 7.75. The van der Waals surface area contributed by atoms with Gasteiger partial charge in [-0.1, -0.05) is 24.3 Å². The molecule has 1 aliphatic heterocycles. The van der Waals surface area contributed by atoms with Gasteiger partial charge in [-0.25, -0.2) is 13.2 Å². The van der Waals surface area contributed by atoms with Gasteiger partial charge < -0.3 is 14.6 Å². The lowest BCUT2D eigenvalue weighted by Gasteiger charge is -2.18. The van der Waals surface area contributed by atoms with Crippen molar-refractivity contribution in [1.29, 1.82) is 0 Å². The number of rotatable bonds is 6. The molecule has 0 saturated carbocycles. The Labute approximate surface area is 189 Å². The third kappa shape index (κ3) is 3.57. The zero-order valence-corrected chi connectivity index (χ0v) is 18.9. The maximum Gasteiger partial charge on any atom is 0.419 e. The number of nitrogens with zero attached hydrogens (tertiary/aromatic N) is 3. The Morgan fingerprint density at radius 3 is 2.61 bits per heavy atom. The van der Waals surface area contributed by atoms with Gasteiger partial charge >= 0.3 is 5.76 Å². The molecule has 3 aromatic carbocycles. The van der Waals surface area contributed by atoms with Gasteiger partial charge in [-0.15, -0.1) is 0 Å². The van der Waals surface area contributed by atoms with Crippen molar-refractivity contribution in [2.24, 2.45) is 0 Å². The minimum atomic E-state index is -3.83. The molecule has 0 aliphatic carbocycles. The topological polar surface area (TPSA) is 105 Å². The maximum atomic E-state index is 13.1. The number of oxazole rings is 1. The van der Waals surface area contributed by atoms with Gasteiger partial charge in [0.05, 0.1) is 16.1 Å². The largest absolute Gasteiger partial charge is 0.419 e. The fourth-order valence-corrected chi connectivity index (χ4v) is 5.78. The van der Waals surface area contributed by atoms with E-state index in [-0.39, 0.29) is 11.4 Å². The van der Waals surface area contributed by atoms with E-state index in [2.05, 4.69) is 5.32 Å². The quantitative estimate of drug-likeness (QED) is 0.468. The number of hydrogen-bond donors (Lipinski definition) is 1. The molecule has 9 nitrogen and oxygen atoms in total. The molecule has 1 aliphatic rings. The molecular weight excluding hydrogens is 444 g/mol. The third-order valence-electron chi connectivity index (χ3n) is 5.69. The normalized spacial score (nSPS) is 14.5. The van der Waals surface area contributed by atoms with Crippen LogP contribution in [0.4, 0.5) is 11.4 Å². The van der Waals surface area contributed by atoms with Gasteiger partial charge in [0.1, 0.15) is 6.54 Å². The van der Waals surface area contributed by atoms with E-state index in [0.717, 1.165) is 9.69 Å². The van der Waals surface area contributed by atoms with E-state index in [1.54, 1.807) is 42.5 Å². The van der Waals surface area contributed by atoms with E-state index in [9.17, 15) is 18.0 Å². The first kappa shape index (κ1) is 21.2. The predicted octanol–water partition coefficient (Wildman–Crippen LogP) is 2.46. The molecule has 0 atom stereocenters. The monoisotopic (exact) mass is 466 g/mol. The highest BCUT2D eigenvalue weighted by atomic mass is 32.2. The number of anilines is 2. The number of sulfonamides is 1. The van der Waals surface area contributed by atoms with Gasteiger partial charge in [-0.3, -0.25) is 13.7 Å². The molecule has 0 bridgehead atoms. The lowest BCUT2D eigenvalue weighted by molar-refractivity contribution is -0.114. The number of fused-ring (bicyclic) bond motifs is 1. The first-order chi connectivity index (χ1) is 15.8. The number of carbonyl (C=O) groups is 1. The smallest absolute Gasteiger partial charge is 0.408 e. The first-order valence-corrected chi connectivity index (χ1v) is 11.8. The van der Waals surface area contributed by atoms with Crippen molar-refractivity contribution in [3.63, 3.8) is 0 Å². The molecule has 1 aromatic heterocycles. The summed E-state index contributed by atoms with van der Waals surface area (Å²) in [4.78, 5) is 27.2. The molecule has 0 unspecified atom stereocenters. The number of likely N-dealkylation sites (N-methyl/N-ethyl adjacent to an activating group) is 1. The summed E-state index contributed by atoms with van der Waals surface area (Å²) in [6.07, 6.45) is 0. The summed E-state index contributed by atoms with van der Waals surface area (Å²) >= 11 is 0. The van der Waals surface area contributed by atoms with Crippen LogP contribution in [-0.4, -0.2) is 51.0 Å². The Kier molecular flexibility index (Phi) is 4.98. The van der Waals surface area contributed by atoms with E-state index in [1.807, 2.05) is 31.1 Å². The maximum absolute atomic E-state index is 13.1. The number of amides is 1. The summed E-state index contributed by atoms with van der Waals surface area (Å²) in [5.41, 5.74) is 1.91. The van der Waals surface area contributed by atoms with Crippen LogP contribution in [-0.2, 0) is 21.4 Å². The molecule has 0 saturated heterocycles. The minimum Gasteiger partial charge on any atom is -0.408 e. The molecular formula is C23H22N4O5S. The Morgan fingerprint density at radius 2 is 1.85 bits per heavy atom. The molecule has 0 spiro atoms. The fraction of sp³-hybridized carbons (Fsp3) is 0.217. The first-order valence-electron chi connectivity index (χ1n) is 10.4. The Morgan fingerprint density at radius 1 is 1.09 bits per heavy atom. The second-order valence-electron chi connectivity index (χ2n) is 8.20. The van der Waals surface area contributed by atoms with E-state index < -0.39 is 21.7 Å². The van der Waals surface area contributed by atoms with Crippen LogP contribution in [0.2, 0.25) is 0 Å². The average Bonchev–Trinajstić information content (AvgIpc) is 3.19. The zero-order valence-electron chi connectivity index (χ0n) is 18.1. The number of benzene rings is 3. The van der Waals surface area contributed by atoms with Crippen molar-refractivity contribution in [3.8, 4) is 0 Å². The van der Waals surface area contributed by atoms with Crippen LogP contribution in [0.25, 0.3) is 21.9 Å². The van der Waals surface area contributed by atoms with Gasteiger partial charge in [0, 0.05) is 24.2 Å². The molecule has 33 heavy (non-hydrogen) atoms. The lowest BCUT2D eigenvalue weighted by atomic mass is 10.1. The summed E-state index contributed by atoms with van der Waals surface area (Å²) in [5, 5.41) is 4.17. The Hall–Kier alpha value is -3.63. The van der Waals surface area contributed by atoms with Crippen LogP contribution < -0.4 is 15.4 Å². The van der Waals surface area contributed by atoms with Crippen molar-refractivity contribution >= 4 is 49.2 Å². The summed E-state index contributed by atoms with van der Waals surface area (Å²) in [6.45, 7) is 0.710. The number of nitrogens with one attached hydrogen (secondary N) is 1. The van der Waals surface area contributed by atoms with E-state index >= 15 is 0 Å². The molecule has 170 valence electrons. The Bertz CT molecular complexity index is 1560. The van der Waals surface area contributed by atoms with Crippen molar-refractivity contribution in [2.75, 3.05) is 36.8 Å². The number of aromatic nitrogens is 1. The van der Waals surface area contributed by atoms with Gasteiger partial charge in [0.15, 0.2) is 5.58 Å². The summed E-state index contributed by atoms with van der Waals surface area (Å²) in [6, 6.07) is 15.3. The highest BCUT2D eigenvalue weighted by Crippen LogP contribution is 2.41. The van der Waals surface area contributed by atoms with Crippen molar-refractivity contribution in [3.05, 3.63) is 65.1 Å². The molecule has 1 N–H and O–H groups in total. The van der Waals surface area contributed by atoms with E-state index in [1.165, 1.54) is 4.57 Å². The third-order valence-corrected chi connectivity index (χ3v) is 7.49. The number of carbonyl (C=O) groups excluding carboxylic acids is 1. The van der Waals surface area contributed by atoms with Crippen LogP contribution in [0.15, 0.2) is 68.7 Å². The molecule has 4 aromatic rings. The minimum absolute atomic E-state index is 0.202. The van der Waals surface area contributed by atoms with E-state index in [0.29, 0.717) is 41.0 Å². The lowest BCUT2D eigenvalue weighted by Crippen LogP contribution is -2.35. The molecule has 1 amide bonds. The van der Waals surface area contributed by atoms with Crippen molar-refractivity contribution in [1.82, 2.24) is 9.47 Å². The predicted molar refractivity (Wildman–Crippen MR) is 126 cm³/mol. The van der Waals surface area contributed by atoms with Crippen molar-refractivity contribution < 1.29 is 17.6 Å². The van der Waals surface area contributed by atoms with Crippen LogP contribution >= 0.6 is 0 Å². The van der Waals surface area contributed by atoms with Crippen LogP contribution in [0.1, 0.15) is 0 Å². The highest BCUT2D eigenvalue weighted by molar-refractivity contribution is 7.93. The average molecular weight is 467 g/mol.